The monoisotopic (exact) mass is 495 g/mol. The molecule has 3 nitrogen and oxygen atoms in total. The topological polar surface area (TPSA) is 38.7 Å². The molecule has 0 fully saturated rings. The molecule has 3 aromatic carbocycles. The van der Waals surface area contributed by atoms with Gasteiger partial charge in [0, 0.05) is 58.8 Å². The van der Waals surface area contributed by atoms with Crippen molar-refractivity contribution >= 4 is 43.0 Å². The maximum Gasteiger partial charge on any atom is 0.160 e. The molecule has 0 spiro atoms. The molecule has 4 heterocycles. The van der Waals surface area contributed by atoms with Crippen LogP contribution >= 0.6 is 22.7 Å². The molecule has 0 amide bonds. The minimum atomic E-state index is 0.751. The summed E-state index contributed by atoms with van der Waals surface area (Å²) in [5, 5.41) is 12.7. The number of aromatic nitrogens is 3. The third-order valence-corrected chi connectivity index (χ3v) is 8.92. The Morgan fingerprint density at radius 3 is 2.44 bits per heavy atom. The van der Waals surface area contributed by atoms with Gasteiger partial charge in [-0.3, -0.25) is 4.98 Å². The van der Waals surface area contributed by atoms with Gasteiger partial charge in [-0.2, -0.15) is 0 Å². The van der Waals surface area contributed by atoms with Crippen LogP contribution in [0.1, 0.15) is 0 Å². The number of nitrogens with zero attached hydrogens (tertiary/aromatic N) is 3. The Labute approximate surface area is 212 Å². The molecule has 8 rings (SSSR count). The second-order valence-corrected chi connectivity index (χ2v) is 10.8. The molecular weight excluding hydrogens is 478 g/mol. The first kappa shape index (κ1) is 20.0. The van der Waals surface area contributed by atoms with Crippen LogP contribution in [0, 0.1) is 41.2 Å². The standard InChI is InChI=1S/C31H17N3S2/c1-2-8-21-19(6-1)25-16-18(30-33-17-26-20-7-3-4-10-27(20)36-31(26)34-30)11-12-23(25)29-24(13-15-35-29)22-9-5-14-32-28(21)22/h1-17H/b24-22-,25-19-,28-21+,29-23+. The van der Waals surface area contributed by atoms with Crippen LogP contribution in [0.25, 0.3) is 31.7 Å². The number of rotatable bonds is 1. The van der Waals surface area contributed by atoms with Gasteiger partial charge in [-0.05, 0) is 40.1 Å². The Kier molecular flexibility index (Phi) is 4.26. The van der Waals surface area contributed by atoms with Crippen molar-refractivity contribution in [3.05, 3.63) is 144 Å². The van der Waals surface area contributed by atoms with Crippen LogP contribution < -0.4 is 0 Å². The average molecular weight is 496 g/mol. The van der Waals surface area contributed by atoms with Gasteiger partial charge in [-0.15, -0.1) is 22.7 Å². The number of hydrogen-bond donors (Lipinski definition) is 0. The molecule has 5 heteroatoms. The van der Waals surface area contributed by atoms with Crippen LogP contribution in [0.3, 0.4) is 0 Å². The van der Waals surface area contributed by atoms with E-state index in [1.54, 1.807) is 22.7 Å². The van der Waals surface area contributed by atoms with Crippen LogP contribution in [0.5, 0.6) is 0 Å². The number of benzene rings is 3. The Morgan fingerprint density at radius 1 is 0.611 bits per heavy atom. The van der Waals surface area contributed by atoms with Crippen LogP contribution in [0.2, 0.25) is 0 Å². The van der Waals surface area contributed by atoms with E-state index in [1.165, 1.54) is 40.7 Å². The predicted molar refractivity (Wildman–Crippen MR) is 146 cm³/mol. The highest BCUT2D eigenvalue weighted by atomic mass is 32.1. The van der Waals surface area contributed by atoms with Gasteiger partial charge in [0.2, 0.25) is 0 Å². The van der Waals surface area contributed by atoms with E-state index in [9.17, 15) is 0 Å². The number of pyridine rings is 1. The Balaban J connectivity index is 1.55. The van der Waals surface area contributed by atoms with Crippen LogP contribution in [0.4, 0.5) is 0 Å². The van der Waals surface area contributed by atoms with Gasteiger partial charge in [-0.1, -0.05) is 60.7 Å². The first-order valence-corrected chi connectivity index (χ1v) is 13.5. The lowest BCUT2D eigenvalue weighted by Crippen LogP contribution is -1.92. The second kappa shape index (κ2) is 7.65. The highest BCUT2D eigenvalue weighted by Crippen LogP contribution is 2.33. The second-order valence-electron chi connectivity index (χ2n) is 8.88. The third kappa shape index (κ3) is 2.87. The summed E-state index contributed by atoms with van der Waals surface area (Å²) in [6.45, 7) is 0. The maximum atomic E-state index is 5.00. The molecule has 0 saturated heterocycles. The summed E-state index contributed by atoms with van der Waals surface area (Å²) in [6, 6.07) is 30.1. The van der Waals surface area contributed by atoms with E-state index < -0.39 is 0 Å². The minimum absolute atomic E-state index is 0.751. The summed E-state index contributed by atoms with van der Waals surface area (Å²) >= 11 is 3.50. The zero-order chi connectivity index (χ0) is 23.6. The lowest BCUT2D eigenvalue weighted by Gasteiger charge is -2.03. The quantitative estimate of drug-likeness (QED) is 0.238. The van der Waals surface area contributed by atoms with Crippen molar-refractivity contribution in [3.8, 4) is 11.4 Å². The molecule has 0 bridgehead atoms. The summed E-state index contributed by atoms with van der Waals surface area (Å²) in [7, 11) is 0. The number of hydrogen-bond acceptors (Lipinski definition) is 5. The molecule has 168 valence electrons. The molecule has 0 saturated carbocycles. The molecule has 0 aliphatic heterocycles. The number of thiophene rings is 2. The highest BCUT2D eigenvalue weighted by molar-refractivity contribution is 7.25. The molecule has 1 aliphatic rings. The zero-order valence-electron chi connectivity index (χ0n) is 19.0. The summed E-state index contributed by atoms with van der Waals surface area (Å²) < 4.78 is 2.50. The van der Waals surface area contributed by atoms with Gasteiger partial charge < -0.3 is 0 Å². The van der Waals surface area contributed by atoms with Gasteiger partial charge in [0.05, 0.1) is 5.35 Å². The molecule has 36 heavy (non-hydrogen) atoms. The van der Waals surface area contributed by atoms with Crippen molar-refractivity contribution in [1.29, 1.82) is 0 Å². The SMILES string of the molecule is c1ccc2/c(c1)=c1/cc(-c3ncc4c(n3)sc3ccccc34)cc/c1=c1\scc\c1=c1/cccn/c1=2. The van der Waals surface area contributed by atoms with Crippen molar-refractivity contribution in [2.24, 2.45) is 0 Å². The molecule has 4 aromatic heterocycles. The summed E-state index contributed by atoms with van der Waals surface area (Å²) in [4.78, 5) is 15.7. The molecule has 0 N–H and O–H groups in total. The Bertz CT molecular complexity index is 2390. The summed E-state index contributed by atoms with van der Waals surface area (Å²) in [5.41, 5.74) is 1.02. The van der Waals surface area contributed by atoms with E-state index in [2.05, 4.69) is 84.2 Å². The fraction of sp³-hybridized carbons (Fsp3) is 0. The van der Waals surface area contributed by atoms with E-state index in [0.717, 1.165) is 32.2 Å². The van der Waals surface area contributed by atoms with Crippen molar-refractivity contribution < 1.29 is 0 Å². The Morgan fingerprint density at radius 2 is 1.47 bits per heavy atom. The summed E-state index contributed by atoms with van der Waals surface area (Å²) in [5.74, 6) is 0.751. The number of fused-ring (bicyclic) bond motifs is 7. The van der Waals surface area contributed by atoms with E-state index in [4.69, 9.17) is 15.0 Å². The van der Waals surface area contributed by atoms with Crippen LogP contribution in [-0.4, -0.2) is 15.0 Å². The Hall–Kier alpha value is -4.19. The zero-order valence-corrected chi connectivity index (χ0v) is 20.6. The normalized spacial score (nSPS) is 15.9. The first-order valence-electron chi connectivity index (χ1n) is 11.8. The van der Waals surface area contributed by atoms with Crippen molar-refractivity contribution in [2.45, 2.75) is 0 Å². The van der Waals surface area contributed by atoms with Crippen LogP contribution in [0.15, 0.2) is 103 Å². The minimum Gasteiger partial charge on any atom is -0.256 e. The molecule has 1 aliphatic carbocycles. The van der Waals surface area contributed by atoms with Crippen molar-refractivity contribution in [1.82, 2.24) is 15.0 Å². The molecule has 0 radical (unpaired) electrons. The van der Waals surface area contributed by atoms with Crippen LogP contribution in [-0.2, 0) is 0 Å². The van der Waals surface area contributed by atoms with Crippen molar-refractivity contribution in [2.75, 3.05) is 0 Å². The van der Waals surface area contributed by atoms with Gasteiger partial charge >= 0.3 is 0 Å². The largest absolute Gasteiger partial charge is 0.256 e. The van der Waals surface area contributed by atoms with E-state index >= 15 is 0 Å². The average Bonchev–Trinajstić information content (AvgIpc) is 3.56. The third-order valence-electron chi connectivity index (χ3n) is 6.90. The summed E-state index contributed by atoms with van der Waals surface area (Å²) in [6.07, 6.45) is 3.85. The fourth-order valence-corrected chi connectivity index (χ4v) is 7.24. The van der Waals surface area contributed by atoms with Gasteiger partial charge in [0.25, 0.3) is 0 Å². The van der Waals surface area contributed by atoms with Gasteiger partial charge in [0.1, 0.15) is 4.83 Å². The van der Waals surface area contributed by atoms with E-state index in [-0.39, 0.29) is 0 Å². The smallest absolute Gasteiger partial charge is 0.160 e. The van der Waals surface area contributed by atoms with E-state index in [0.29, 0.717) is 0 Å². The molecule has 0 unspecified atom stereocenters. The molecule has 0 atom stereocenters. The van der Waals surface area contributed by atoms with Gasteiger partial charge in [-0.25, -0.2) is 9.97 Å². The predicted octanol–water partition coefficient (Wildman–Crippen LogP) is 7.43. The first-order chi connectivity index (χ1) is 17.8. The van der Waals surface area contributed by atoms with Crippen molar-refractivity contribution in [3.63, 3.8) is 0 Å². The van der Waals surface area contributed by atoms with E-state index in [1.807, 2.05) is 18.5 Å². The fourth-order valence-electron chi connectivity index (χ4n) is 5.25. The molecule has 7 aromatic rings. The lowest BCUT2D eigenvalue weighted by molar-refractivity contribution is 1.17. The lowest BCUT2D eigenvalue weighted by atomic mass is 10.0. The maximum absolute atomic E-state index is 5.00. The van der Waals surface area contributed by atoms with Gasteiger partial charge in [0.15, 0.2) is 5.82 Å². The highest BCUT2D eigenvalue weighted by Gasteiger charge is 2.10. The molecular formula is C31H17N3S2.